The SMILES string of the molecule is O[C@@H]1[C@H](O)[C@@H](c2ccccc2)C[C@H](O)[C@@H]1c1ccccc1. The van der Waals surface area contributed by atoms with Gasteiger partial charge in [-0.1, -0.05) is 60.7 Å². The summed E-state index contributed by atoms with van der Waals surface area (Å²) in [6.07, 6.45) is -2.07. The summed E-state index contributed by atoms with van der Waals surface area (Å²) in [5, 5.41) is 31.4. The van der Waals surface area contributed by atoms with E-state index in [4.69, 9.17) is 0 Å². The molecule has 0 aliphatic heterocycles. The summed E-state index contributed by atoms with van der Waals surface area (Å²) in [6, 6.07) is 19.0. The average molecular weight is 284 g/mol. The van der Waals surface area contributed by atoms with Crippen molar-refractivity contribution in [3.63, 3.8) is 0 Å². The predicted molar refractivity (Wildman–Crippen MR) is 81.0 cm³/mol. The first-order valence-corrected chi connectivity index (χ1v) is 7.32. The molecule has 0 bridgehead atoms. The lowest BCUT2D eigenvalue weighted by atomic mass is 9.71. The second-order valence-corrected chi connectivity index (χ2v) is 5.74. The lowest BCUT2D eigenvalue weighted by Gasteiger charge is -2.41. The Hall–Kier alpha value is -1.68. The minimum absolute atomic E-state index is 0.240. The molecule has 0 saturated heterocycles. The van der Waals surface area contributed by atoms with Crippen LogP contribution in [0.25, 0.3) is 0 Å². The van der Waals surface area contributed by atoms with Gasteiger partial charge in [-0.05, 0) is 17.5 Å². The van der Waals surface area contributed by atoms with Gasteiger partial charge in [0, 0.05) is 11.8 Å². The van der Waals surface area contributed by atoms with Crippen molar-refractivity contribution in [1.82, 2.24) is 0 Å². The monoisotopic (exact) mass is 284 g/mol. The van der Waals surface area contributed by atoms with Crippen molar-refractivity contribution in [3.05, 3.63) is 71.8 Å². The molecular weight excluding hydrogens is 264 g/mol. The summed E-state index contributed by atoms with van der Waals surface area (Å²) in [5.41, 5.74) is 1.82. The number of hydrogen-bond donors (Lipinski definition) is 3. The van der Waals surface area contributed by atoms with Crippen molar-refractivity contribution in [1.29, 1.82) is 0 Å². The number of aliphatic hydroxyl groups is 3. The molecule has 0 spiro atoms. The van der Waals surface area contributed by atoms with Gasteiger partial charge < -0.3 is 15.3 Å². The predicted octanol–water partition coefficient (Wildman–Crippen LogP) is 2.04. The summed E-state index contributed by atoms with van der Waals surface area (Å²) in [4.78, 5) is 0. The molecular formula is C18H20O3. The van der Waals surface area contributed by atoms with Crippen LogP contribution in [0.2, 0.25) is 0 Å². The highest BCUT2D eigenvalue weighted by atomic mass is 16.3. The Kier molecular flexibility index (Phi) is 4.06. The van der Waals surface area contributed by atoms with Crippen LogP contribution >= 0.6 is 0 Å². The average Bonchev–Trinajstić information content (AvgIpc) is 2.53. The van der Waals surface area contributed by atoms with Crippen molar-refractivity contribution < 1.29 is 15.3 Å². The molecule has 3 heteroatoms. The van der Waals surface area contributed by atoms with E-state index in [1.807, 2.05) is 60.7 Å². The van der Waals surface area contributed by atoms with E-state index < -0.39 is 24.2 Å². The van der Waals surface area contributed by atoms with E-state index in [1.165, 1.54) is 0 Å². The third-order valence-corrected chi connectivity index (χ3v) is 4.45. The summed E-state index contributed by atoms with van der Waals surface area (Å²) in [7, 11) is 0. The Morgan fingerprint density at radius 3 is 1.76 bits per heavy atom. The molecule has 110 valence electrons. The first kappa shape index (κ1) is 14.3. The minimum Gasteiger partial charge on any atom is -0.392 e. The van der Waals surface area contributed by atoms with Gasteiger partial charge in [0.25, 0.3) is 0 Å². The number of hydrogen-bond acceptors (Lipinski definition) is 3. The molecule has 21 heavy (non-hydrogen) atoms. The molecule has 2 aromatic carbocycles. The summed E-state index contributed by atoms with van der Waals surface area (Å²) in [5.74, 6) is -0.683. The van der Waals surface area contributed by atoms with Crippen molar-refractivity contribution in [2.24, 2.45) is 0 Å². The fourth-order valence-electron chi connectivity index (χ4n) is 3.35. The van der Waals surface area contributed by atoms with Gasteiger partial charge in [0.2, 0.25) is 0 Å². The van der Waals surface area contributed by atoms with Crippen LogP contribution in [0.1, 0.15) is 29.4 Å². The van der Waals surface area contributed by atoms with E-state index in [0.29, 0.717) is 6.42 Å². The van der Waals surface area contributed by atoms with Crippen molar-refractivity contribution >= 4 is 0 Å². The van der Waals surface area contributed by atoms with Crippen LogP contribution in [0.15, 0.2) is 60.7 Å². The van der Waals surface area contributed by atoms with Gasteiger partial charge in [-0.25, -0.2) is 0 Å². The largest absolute Gasteiger partial charge is 0.392 e. The van der Waals surface area contributed by atoms with E-state index in [-0.39, 0.29) is 5.92 Å². The summed E-state index contributed by atoms with van der Waals surface area (Å²) < 4.78 is 0. The lowest BCUT2D eigenvalue weighted by Crippen LogP contribution is -2.47. The molecule has 1 fully saturated rings. The molecule has 2 aromatic rings. The molecule has 0 radical (unpaired) electrons. The van der Waals surface area contributed by atoms with E-state index in [2.05, 4.69) is 0 Å². The Bertz CT molecular complexity index is 570. The van der Waals surface area contributed by atoms with Crippen LogP contribution < -0.4 is 0 Å². The number of rotatable bonds is 2. The van der Waals surface area contributed by atoms with E-state index >= 15 is 0 Å². The van der Waals surface area contributed by atoms with Gasteiger partial charge in [0.1, 0.15) is 0 Å². The highest BCUT2D eigenvalue weighted by Crippen LogP contribution is 2.41. The maximum Gasteiger partial charge on any atom is 0.0898 e. The zero-order chi connectivity index (χ0) is 14.8. The van der Waals surface area contributed by atoms with Crippen molar-refractivity contribution in [2.75, 3.05) is 0 Å². The molecule has 0 amide bonds. The third-order valence-electron chi connectivity index (χ3n) is 4.45. The zero-order valence-corrected chi connectivity index (χ0v) is 11.7. The van der Waals surface area contributed by atoms with Gasteiger partial charge in [0.05, 0.1) is 18.3 Å². The Balaban J connectivity index is 1.88. The second kappa shape index (κ2) is 5.98. The molecule has 0 unspecified atom stereocenters. The molecule has 5 atom stereocenters. The topological polar surface area (TPSA) is 60.7 Å². The normalized spacial score (nSPS) is 32.8. The highest BCUT2D eigenvalue weighted by molar-refractivity contribution is 5.28. The quantitative estimate of drug-likeness (QED) is 0.791. The lowest BCUT2D eigenvalue weighted by molar-refractivity contribution is -0.0799. The second-order valence-electron chi connectivity index (χ2n) is 5.74. The van der Waals surface area contributed by atoms with Crippen LogP contribution in [-0.2, 0) is 0 Å². The van der Waals surface area contributed by atoms with Crippen LogP contribution in [-0.4, -0.2) is 33.6 Å². The van der Waals surface area contributed by atoms with Crippen LogP contribution in [0, 0.1) is 0 Å². The molecule has 3 N–H and O–H groups in total. The maximum absolute atomic E-state index is 10.5. The van der Waals surface area contributed by atoms with Gasteiger partial charge in [-0.3, -0.25) is 0 Å². The summed E-state index contributed by atoms with van der Waals surface area (Å²) in [6.45, 7) is 0. The highest BCUT2D eigenvalue weighted by Gasteiger charge is 2.43. The van der Waals surface area contributed by atoms with Crippen LogP contribution in [0.4, 0.5) is 0 Å². The zero-order valence-electron chi connectivity index (χ0n) is 11.7. The van der Waals surface area contributed by atoms with Gasteiger partial charge in [-0.2, -0.15) is 0 Å². The fraction of sp³-hybridized carbons (Fsp3) is 0.333. The standard InChI is InChI=1S/C18H20O3/c19-15-11-14(12-7-3-1-4-8-12)17(20)18(21)16(15)13-9-5-2-6-10-13/h1-10,14-21H,11H2/t14-,15+,16+,17-,18+/m1/s1. The van der Waals surface area contributed by atoms with Crippen LogP contribution in [0.5, 0.6) is 0 Å². The van der Waals surface area contributed by atoms with E-state index in [0.717, 1.165) is 11.1 Å². The molecule has 3 nitrogen and oxygen atoms in total. The molecule has 1 aliphatic carbocycles. The van der Waals surface area contributed by atoms with Gasteiger partial charge in [0.15, 0.2) is 0 Å². The Labute approximate surface area is 124 Å². The molecule has 3 rings (SSSR count). The van der Waals surface area contributed by atoms with Crippen LogP contribution in [0.3, 0.4) is 0 Å². The molecule has 1 saturated carbocycles. The third kappa shape index (κ3) is 2.72. The smallest absolute Gasteiger partial charge is 0.0898 e. The van der Waals surface area contributed by atoms with E-state index in [9.17, 15) is 15.3 Å². The molecule has 1 aliphatic rings. The van der Waals surface area contributed by atoms with Gasteiger partial charge >= 0.3 is 0 Å². The van der Waals surface area contributed by atoms with Crippen molar-refractivity contribution in [3.8, 4) is 0 Å². The number of benzene rings is 2. The van der Waals surface area contributed by atoms with Crippen molar-refractivity contribution in [2.45, 2.75) is 36.6 Å². The minimum atomic E-state index is -0.971. The van der Waals surface area contributed by atoms with E-state index in [1.54, 1.807) is 0 Å². The Morgan fingerprint density at radius 1 is 0.667 bits per heavy atom. The van der Waals surface area contributed by atoms with Gasteiger partial charge in [-0.15, -0.1) is 0 Å². The molecule has 0 heterocycles. The maximum atomic E-state index is 10.5. The first-order valence-electron chi connectivity index (χ1n) is 7.32. The summed E-state index contributed by atoms with van der Waals surface area (Å²) >= 11 is 0. The fourth-order valence-corrected chi connectivity index (χ4v) is 3.35. The first-order chi connectivity index (χ1) is 10.2. The number of aliphatic hydroxyl groups excluding tert-OH is 3. The molecule has 0 aromatic heterocycles. The Morgan fingerprint density at radius 2 is 1.19 bits per heavy atom.